The molecule has 2 aliphatic heterocycles. The summed E-state index contributed by atoms with van der Waals surface area (Å²) in [5.74, 6) is 5.92. The maximum absolute atomic E-state index is 12.4. The number of hydrogen-bond acceptors (Lipinski definition) is 24. The molecule has 2 unspecified atom stereocenters. The van der Waals surface area contributed by atoms with Gasteiger partial charge in [0.1, 0.15) is 112 Å². The summed E-state index contributed by atoms with van der Waals surface area (Å²) < 4.78 is 75.6. The molecule has 2 aliphatic rings. The van der Waals surface area contributed by atoms with Crippen molar-refractivity contribution in [1.82, 2.24) is 62.5 Å². The van der Waals surface area contributed by atoms with Gasteiger partial charge in [-0.1, -0.05) is 158 Å². The number of aromatic nitrogens is 13. The number of nitrogens with two attached hydrogens (primary N) is 1. The van der Waals surface area contributed by atoms with Gasteiger partial charge in [-0.15, -0.1) is 0 Å². The van der Waals surface area contributed by atoms with E-state index in [0.29, 0.717) is 29.3 Å². The number of nitrogen functional groups attached to an aromatic ring is 1. The normalized spacial score (nSPS) is 13.1. The van der Waals surface area contributed by atoms with E-state index in [2.05, 4.69) is 155 Å². The smallest absolute Gasteiger partial charge is 0.496 e. The molecule has 0 spiro atoms. The van der Waals surface area contributed by atoms with E-state index in [1.165, 1.54) is 4.90 Å². The van der Waals surface area contributed by atoms with E-state index >= 15 is 0 Å². The van der Waals surface area contributed by atoms with Crippen LogP contribution in [-0.4, -0.2) is 195 Å². The zero-order chi connectivity index (χ0) is 103. The first-order valence-electron chi connectivity index (χ1n) is 46.2. The van der Waals surface area contributed by atoms with E-state index in [4.69, 9.17) is 38.7 Å². The van der Waals surface area contributed by atoms with Crippen molar-refractivity contribution < 1.29 is 66.3 Å². The first-order valence-corrected chi connectivity index (χ1v) is 48.9. The number of pyridine rings is 9. The van der Waals surface area contributed by atoms with Crippen LogP contribution in [0.5, 0.6) is 28.7 Å². The molecule has 15 heterocycles. The molecule has 1 amide bonds. The average molecular weight is 2150 g/mol. The van der Waals surface area contributed by atoms with Crippen molar-refractivity contribution in [3.63, 3.8) is 0 Å². The van der Waals surface area contributed by atoms with Gasteiger partial charge in [-0.3, -0.25) is 14.7 Å². The SMILES string of the molecule is CCc1ccc(B2OC(C)(C)C(C)(C)O2)cn1.CNc1ccc(-c2ccc(-c3cn4cc(O)ccc4n3)cc2)cn1.CNc1ccc(-c2ccc(-c3cn4cc(OCC(O)CF)ccc4n3)cc2)cn1.COc1ccc(N)nc1.COc1ccc2nc(-c3ccc(-c4ccc(N(C)C(=O)OC(C)(C)C)nc4)cc3)cn2c1.COc1ccc2nc(-c3ccc(Br)cc3)cn2c1.FCC1CO1.O=C(CBr)c1ccc(Br)cc1. The van der Waals surface area contributed by atoms with Crippen LogP contribution in [0.4, 0.5) is 36.8 Å². The number of fused-ring (bicyclic) bond motifs is 4. The fraction of sp³-hybridized carbons (Fsp3) is 0.227. The van der Waals surface area contributed by atoms with E-state index in [-0.39, 0.29) is 49.2 Å². The number of rotatable bonds is 22. The highest BCUT2D eigenvalue weighted by Crippen LogP contribution is 2.38. The average Bonchev–Trinajstić information content (AvgIpc) is 1.63. The van der Waals surface area contributed by atoms with Gasteiger partial charge < -0.3 is 81.9 Å². The summed E-state index contributed by atoms with van der Waals surface area (Å²) in [6.45, 7) is 15.2. The second kappa shape index (κ2) is 50.4. The molecule has 0 radical (unpaired) electrons. The van der Waals surface area contributed by atoms with Crippen molar-refractivity contribution in [2.24, 2.45) is 0 Å². The summed E-state index contributed by atoms with van der Waals surface area (Å²) in [7, 11) is 9.93. The number of aryl methyl sites for hydroxylation is 1. The standard InChI is InChI=1S/C25H26N4O3.C22H21FN4O2.C19H16N4O.C14H11BrN2O.C13H20BNO2.C8H6Br2O.C6H8N2O.C3H5FO/c1-25(2,3)32-24(30)28(4)22-12-10-19(14-26-22)17-6-8-18(9-7-17)21-16-29-15-20(31-5)11-13-23(29)27-21;1-24-21-8-6-17(11-25-21)15-2-4-16(5-3-15)20-13-27-12-19(7-9-22(27)26-20)29-14-18(28)10-23;1-20-18-8-6-15(10-21-18)13-2-4-14(5-3-13)17-12-23-11-16(24)7-9-19(23)22-17;1-18-12-6-7-14-16-13(9-17(14)8-12)10-2-4-11(15)5-3-10;1-6-11-8-7-10(9-15-11)14-16-12(2,3)13(4,5)17-14;9-5-8(11)6-1-3-7(10)4-2-6;1-9-5-2-3-6(7)8-4-5;4-1-3-2-5-3/h6-16H,1-5H3;2-9,11-13,18,28H,10,14H2,1H3,(H,24,25);2-12,24H,1H3,(H,20,21);2-9H,1H3;7-9H,6H2,1-5H3;1-4H,5H2;2-4H,1H3,(H2,7,8);3H,1-2H2. The Morgan fingerprint density at radius 3 is 1.26 bits per heavy atom. The Morgan fingerprint density at radius 1 is 0.503 bits per heavy atom. The Balaban J connectivity index is 0.000000145. The van der Waals surface area contributed by atoms with Gasteiger partial charge in [-0.05, 0) is 199 Å². The van der Waals surface area contributed by atoms with E-state index in [1.54, 1.807) is 95.6 Å². The second-order valence-electron chi connectivity index (χ2n) is 34.9. The monoisotopic (exact) mass is 2150 g/mol. The number of epoxide rings is 1. The van der Waals surface area contributed by atoms with Gasteiger partial charge in [0.25, 0.3) is 0 Å². The van der Waals surface area contributed by atoms with Crippen molar-refractivity contribution in [3.8, 4) is 107 Å². The van der Waals surface area contributed by atoms with Gasteiger partial charge in [0.05, 0.1) is 98.2 Å². The third-order valence-electron chi connectivity index (χ3n) is 22.9. The number of anilines is 4. The van der Waals surface area contributed by atoms with Crippen LogP contribution in [0.3, 0.4) is 0 Å². The minimum atomic E-state index is -1.12. The number of halogens is 5. The number of hydrogen-bond donors (Lipinski definition) is 5. The highest BCUT2D eigenvalue weighted by atomic mass is 79.9. The number of aromatic hydroxyl groups is 1. The topological polar surface area (TPSA) is 339 Å². The number of benzene rings is 5. The molecule has 2 atom stereocenters. The quantitative estimate of drug-likeness (QED) is 0.0182. The molecule has 0 bridgehead atoms. The molecule has 5 aromatic carbocycles. The molecule has 29 nitrogen and oxygen atoms in total. The third kappa shape index (κ3) is 30.2. The Kier molecular flexibility index (Phi) is 37.3. The minimum Gasteiger partial charge on any atom is -0.506 e. The molecular formula is C110H113BBr3F2N17O12. The van der Waals surface area contributed by atoms with Crippen molar-refractivity contribution in [1.29, 1.82) is 0 Å². The Hall–Kier alpha value is -14.8. The number of imidazole rings is 4. The van der Waals surface area contributed by atoms with Crippen molar-refractivity contribution >= 4 is 118 Å². The fourth-order valence-electron chi connectivity index (χ4n) is 13.9. The molecule has 0 aliphatic carbocycles. The molecule has 2 fully saturated rings. The molecule has 6 N–H and O–H groups in total. The van der Waals surface area contributed by atoms with Crippen LogP contribution in [-0.2, 0) is 25.2 Å². The van der Waals surface area contributed by atoms with Gasteiger partial charge in [-0.25, -0.2) is 53.4 Å². The number of methoxy groups -OCH3 is 3. The lowest BCUT2D eigenvalue weighted by Crippen LogP contribution is -2.41. The number of carbonyl (C=O) groups is 2. The maximum atomic E-state index is 12.4. The van der Waals surface area contributed by atoms with Gasteiger partial charge >= 0.3 is 13.2 Å². The summed E-state index contributed by atoms with van der Waals surface area (Å²) in [6, 6.07) is 73.9. The molecule has 18 aromatic rings. The first-order chi connectivity index (χ1) is 69.7. The van der Waals surface area contributed by atoms with Crippen LogP contribution < -0.4 is 45.7 Å². The lowest BCUT2D eigenvalue weighted by Gasteiger charge is -2.32. The molecule has 145 heavy (non-hydrogen) atoms. The summed E-state index contributed by atoms with van der Waals surface area (Å²) in [4.78, 5) is 64.5. The van der Waals surface area contributed by atoms with Crippen LogP contribution in [0.15, 0.2) is 320 Å². The summed E-state index contributed by atoms with van der Waals surface area (Å²) in [6.07, 6.45) is 23.3. The van der Waals surface area contributed by atoms with Crippen molar-refractivity contribution in [2.75, 3.05) is 95.6 Å². The number of ketones is 1. The Labute approximate surface area is 865 Å². The van der Waals surface area contributed by atoms with E-state index in [0.717, 1.165) is 162 Å². The first kappa shape index (κ1) is 107. The molecule has 20 rings (SSSR count). The van der Waals surface area contributed by atoms with Crippen LogP contribution in [0.2, 0.25) is 0 Å². The van der Waals surface area contributed by atoms with E-state index in [9.17, 15) is 28.6 Å². The predicted octanol–water partition coefficient (Wildman–Crippen LogP) is 22.8. The van der Waals surface area contributed by atoms with Gasteiger partial charge in [0.2, 0.25) is 0 Å². The largest absolute Gasteiger partial charge is 0.506 e. The summed E-state index contributed by atoms with van der Waals surface area (Å²) in [5, 5.41) is 25.2. The van der Waals surface area contributed by atoms with Gasteiger partial charge in [-0.2, -0.15) is 0 Å². The fourth-order valence-corrected chi connectivity index (χ4v) is 14.7. The van der Waals surface area contributed by atoms with Crippen LogP contribution >= 0.6 is 47.8 Å². The van der Waals surface area contributed by atoms with Gasteiger partial charge in [0.15, 0.2) is 5.78 Å². The molecule has 35 heteroatoms. The minimum absolute atomic E-state index is 0.0324. The summed E-state index contributed by atoms with van der Waals surface area (Å²) in [5.41, 5.74) is 24.3. The number of ether oxygens (including phenoxy) is 6. The van der Waals surface area contributed by atoms with E-state index in [1.807, 2.05) is 284 Å². The predicted molar refractivity (Wildman–Crippen MR) is 578 cm³/mol. The number of nitrogens with zero attached hydrogens (tertiary/aromatic N) is 14. The number of amides is 1. The Bertz CT molecular complexity index is 7220. The zero-order valence-electron chi connectivity index (χ0n) is 82.6. The van der Waals surface area contributed by atoms with E-state index < -0.39 is 24.5 Å². The zero-order valence-corrected chi connectivity index (χ0v) is 87.4. The number of carbonyl (C=O) groups excluding carboxylic acids is 2. The third-order valence-corrected chi connectivity index (χ3v) is 24.4. The lowest BCUT2D eigenvalue weighted by molar-refractivity contribution is 0.00578. The number of aliphatic hydroxyl groups is 1. The summed E-state index contributed by atoms with van der Waals surface area (Å²) >= 11 is 9.83. The Morgan fingerprint density at radius 2 is 0.903 bits per heavy atom. The van der Waals surface area contributed by atoms with Gasteiger partial charge in [0, 0.05) is 135 Å². The number of nitrogens with one attached hydrogen (secondary N) is 2. The number of alkyl halides is 3. The number of aliphatic hydroxyl groups excluding tert-OH is 1. The molecule has 13 aromatic heterocycles. The highest BCUT2D eigenvalue weighted by molar-refractivity contribution is 9.10. The van der Waals surface area contributed by atoms with Crippen molar-refractivity contribution in [2.45, 2.75) is 90.8 Å². The highest BCUT2D eigenvalue weighted by Gasteiger charge is 2.52. The van der Waals surface area contributed by atoms with Crippen LogP contribution in [0.25, 0.3) is 101 Å². The molecular weight excluding hydrogens is 2040 g/mol. The lowest BCUT2D eigenvalue weighted by atomic mass is 9.80. The molecule has 2 saturated heterocycles. The van der Waals surface area contributed by atoms with Crippen LogP contribution in [0.1, 0.15) is 71.4 Å². The molecule has 0 saturated carbocycles. The maximum Gasteiger partial charge on any atom is 0.496 e. The molecule has 748 valence electrons. The number of Topliss-reactive ketones (excluding diaryl/α,β-unsaturated/α-hetero) is 1. The second-order valence-corrected chi connectivity index (χ2v) is 37.3. The van der Waals surface area contributed by atoms with Crippen molar-refractivity contribution in [3.05, 3.63) is 331 Å². The van der Waals surface area contributed by atoms with Crippen LogP contribution in [0, 0.1) is 0 Å².